The summed E-state index contributed by atoms with van der Waals surface area (Å²) < 4.78 is 13.0. The van der Waals surface area contributed by atoms with Gasteiger partial charge in [0.2, 0.25) is 0 Å². The lowest BCUT2D eigenvalue weighted by molar-refractivity contribution is -0.154. The second-order valence-corrected chi connectivity index (χ2v) is 11.7. The number of fused-ring (bicyclic) bond motifs is 1. The van der Waals surface area contributed by atoms with Gasteiger partial charge in [-0.05, 0) is 70.7 Å². The molecule has 1 heterocycles. The average molecular weight is 476 g/mol. The van der Waals surface area contributed by atoms with Crippen LogP contribution < -0.4 is 4.74 Å². The van der Waals surface area contributed by atoms with E-state index in [4.69, 9.17) is 9.47 Å². The fraction of sp³-hybridized carbons (Fsp3) is 0.433. The van der Waals surface area contributed by atoms with Gasteiger partial charge in [-0.25, -0.2) is 4.79 Å². The Bertz CT molecular complexity index is 1230. The fourth-order valence-corrected chi connectivity index (χ4v) is 7.04. The largest absolute Gasteiger partial charge is 0.481 e. The number of hydrogen-bond donors (Lipinski definition) is 0. The lowest BCUT2D eigenvalue weighted by atomic mass is 9.89. The van der Waals surface area contributed by atoms with Gasteiger partial charge in [0, 0.05) is 39.5 Å². The van der Waals surface area contributed by atoms with Crippen LogP contribution in [-0.2, 0) is 9.53 Å². The molecule has 0 bridgehead atoms. The van der Waals surface area contributed by atoms with E-state index in [-0.39, 0.29) is 17.1 Å². The van der Waals surface area contributed by atoms with E-state index < -0.39 is 11.6 Å². The van der Waals surface area contributed by atoms with E-state index in [0.717, 1.165) is 29.7 Å². The van der Waals surface area contributed by atoms with Crippen LogP contribution in [0.4, 0.5) is 0 Å². The molecule has 1 unspecified atom stereocenters. The standard InChI is InChI=1S/C30H35O3S/c1-21-17-25(34-20-23(3)26-13-9-10-14-27(26)34)18-22(2)29(21)32-19-28(31)33-30(4,5)16-15-24-11-7-6-8-12-24/h9-10,13-14,17-18,20,24H,6-8,11-12,19H2,1-5H3/q+1. The Kier molecular flexibility index (Phi) is 7.33. The Hall–Kier alpha value is -2.77. The topological polar surface area (TPSA) is 35.5 Å². The highest BCUT2D eigenvalue weighted by molar-refractivity contribution is 7.43. The number of carbonyl (C=O) groups is 1. The highest BCUT2D eigenvalue weighted by atomic mass is 32.2. The van der Waals surface area contributed by atoms with E-state index in [9.17, 15) is 4.79 Å². The number of carbonyl (C=O) groups excluding carboxylic acids is 1. The van der Waals surface area contributed by atoms with E-state index in [1.807, 2.05) is 27.7 Å². The molecule has 0 radical (unpaired) electrons. The number of benzene rings is 2. The van der Waals surface area contributed by atoms with Gasteiger partial charge >= 0.3 is 5.97 Å². The van der Waals surface area contributed by atoms with Crippen LogP contribution in [0.5, 0.6) is 5.75 Å². The molecular formula is C30H35O3S+. The van der Waals surface area contributed by atoms with Crippen LogP contribution in [0, 0.1) is 38.5 Å². The molecule has 2 aromatic carbocycles. The molecule has 34 heavy (non-hydrogen) atoms. The first-order valence-corrected chi connectivity index (χ1v) is 13.5. The molecule has 0 amide bonds. The van der Waals surface area contributed by atoms with E-state index >= 15 is 0 Å². The van der Waals surface area contributed by atoms with Crippen molar-refractivity contribution >= 4 is 26.5 Å². The zero-order chi connectivity index (χ0) is 24.3. The molecule has 4 heteroatoms. The number of thiophene rings is 1. The van der Waals surface area contributed by atoms with E-state index in [2.05, 4.69) is 60.5 Å². The van der Waals surface area contributed by atoms with Crippen molar-refractivity contribution in [1.82, 2.24) is 0 Å². The highest BCUT2D eigenvalue weighted by Gasteiger charge is 2.23. The second kappa shape index (κ2) is 10.2. The molecule has 1 saturated carbocycles. The minimum Gasteiger partial charge on any atom is -0.481 e. The van der Waals surface area contributed by atoms with Gasteiger partial charge in [0.15, 0.2) is 21.8 Å². The molecule has 0 aliphatic heterocycles. The van der Waals surface area contributed by atoms with Crippen molar-refractivity contribution in [2.75, 3.05) is 6.61 Å². The smallest absolute Gasteiger partial charge is 0.345 e. The molecule has 0 N–H and O–H groups in total. The zero-order valence-corrected chi connectivity index (χ0v) is 21.8. The van der Waals surface area contributed by atoms with Gasteiger partial charge in [-0.1, -0.05) is 43.2 Å². The molecule has 0 spiro atoms. The molecule has 4 rings (SSSR count). The number of aryl methyl sites for hydroxylation is 3. The van der Waals surface area contributed by atoms with E-state index in [1.54, 1.807) is 0 Å². The summed E-state index contributed by atoms with van der Waals surface area (Å²) in [7, 11) is -0.0799. The summed E-state index contributed by atoms with van der Waals surface area (Å²) in [6.07, 6.45) is 6.09. The summed E-state index contributed by atoms with van der Waals surface area (Å²) in [5.74, 6) is 7.30. The van der Waals surface area contributed by atoms with Gasteiger partial charge in [0.05, 0.1) is 0 Å². The molecule has 0 saturated heterocycles. The summed E-state index contributed by atoms with van der Waals surface area (Å²) in [6.45, 7) is 9.83. The first kappa shape index (κ1) is 24.4. The van der Waals surface area contributed by atoms with Gasteiger partial charge in [-0.15, -0.1) is 0 Å². The summed E-state index contributed by atoms with van der Waals surface area (Å²) >= 11 is 0. The minimum absolute atomic E-state index is 0.0799. The molecule has 1 aliphatic rings. The van der Waals surface area contributed by atoms with Gasteiger partial charge in [-0.2, -0.15) is 0 Å². The van der Waals surface area contributed by atoms with Crippen molar-refractivity contribution in [2.45, 2.75) is 72.3 Å². The van der Waals surface area contributed by atoms with E-state index in [0.29, 0.717) is 5.92 Å². The number of rotatable bonds is 5. The number of ether oxygens (including phenoxy) is 2. The second-order valence-electron chi connectivity index (χ2n) is 9.90. The van der Waals surface area contributed by atoms with Crippen LogP contribution in [0.3, 0.4) is 0 Å². The van der Waals surface area contributed by atoms with Crippen molar-refractivity contribution in [1.29, 1.82) is 0 Å². The molecule has 3 nitrogen and oxygen atoms in total. The predicted molar refractivity (Wildman–Crippen MR) is 142 cm³/mol. The Morgan fingerprint density at radius 3 is 2.41 bits per heavy atom. The number of esters is 1. The Labute approximate surface area is 206 Å². The average Bonchev–Trinajstić information content (AvgIpc) is 3.14. The van der Waals surface area contributed by atoms with Crippen molar-refractivity contribution < 1.29 is 14.3 Å². The third-order valence-corrected chi connectivity index (χ3v) is 8.58. The van der Waals surface area contributed by atoms with Crippen LogP contribution in [-0.4, -0.2) is 18.2 Å². The van der Waals surface area contributed by atoms with Crippen LogP contribution in [0.25, 0.3) is 15.0 Å². The van der Waals surface area contributed by atoms with Crippen molar-refractivity contribution in [3.05, 3.63) is 58.5 Å². The maximum Gasteiger partial charge on any atom is 0.345 e. The summed E-state index contributed by atoms with van der Waals surface area (Å²) in [5.41, 5.74) is 2.57. The van der Waals surface area contributed by atoms with Gasteiger partial charge in [0.1, 0.15) is 11.1 Å². The molecule has 178 valence electrons. The van der Waals surface area contributed by atoms with Crippen LogP contribution in [0.15, 0.2) is 41.8 Å². The van der Waals surface area contributed by atoms with Crippen LogP contribution in [0.2, 0.25) is 0 Å². The normalized spacial score (nSPS) is 15.0. The molecule has 1 aromatic heterocycles. The minimum atomic E-state index is -0.812. The van der Waals surface area contributed by atoms with Gasteiger partial charge in [0.25, 0.3) is 0 Å². The van der Waals surface area contributed by atoms with Gasteiger partial charge in [-0.3, -0.25) is 0 Å². The predicted octanol–water partition coefficient (Wildman–Crippen LogP) is 7.79. The molecule has 1 fully saturated rings. The molecule has 1 aliphatic carbocycles. The lowest BCUT2D eigenvalue weighted by Gasteiger charge is -2.21. The molecule has 3 aromatic rings. The zero-order valence-electron chi connectivity index (χ0n) is 21.0. The summed E-state index contributed by atoms with van der Waals surface area (Å²) in [4.78, 5) is 13.8. The Balaban J connectivity index is 1.43. The first-order chi connectivity index (χ1) is 16.2. The lowest BCUT2D eigenvalue weighted by Crippen LogP contribution is -2.29. The Morgan fingerprint density at radius 1 is 1.03 bits per heavy atom. The summed E-state index contributed by atoms with van der Waals surface area (Å²) in [5, 5.41) is 3.69. The third-order valence-electron chi connectivity index (χ3n) is 6.42. The summed E-state index contributed by atoms with van der Waals surface area (Å²) in [6, 6.07) is 13.0. The fourth-order valence-electron chi connectivity index (χ4n) is 4.74. The third kappa shape index (κ3) is 5.65. The maximum atomic E-state index is 12.5. The molecular weight excluding hydrogens is 440 g/mol. The van der Waals surface area contributed by atoms with Crippen molar-refractivity contribution in [2.24, 2.45) is 5.92 Å². The maximum absolute atomic E-state index is 12.5. The van der Waals surface area contributed by atoms with Crippen LogP contribution >= 0.6 is 10.5 Å². The van der Waals surface area contributed by atoms with E-state index in [1.165, 1.54) is 39.8 Å². The SMILES string of the molecule is Cc1cc(-[s+]2cc(C)c3ccccc32)cc(C)c1OCC(=O)OC(C)(C)C#CC1CCCCC1. The molecule has 1 atom stereocenters. The highest BCUT2D eigenvalue weighted by Crippen LogP contribution is 2.44. The van der Waals surface area contributed by atoms with Crippen molar-refractivity contribution in [3.8, 4) is 22.5 Å². The van der Waals surface area contributed by atoms with Crippen molar-refractivity contribution in [3.63, 3.8) is 0 Å². The number of hydrogen-bond acceptors (Lipinski definition) is 3. The monoisotopic (exact) mass is 475 g/mol. The first-order valence-electron chi connectivity index (χ1n) is 12.2. The Morgan fingerprint density at radius 2 is 1.71 bits per heavy atom. The van der Waals surface area contributed by atoms with Gasteiger partial charge < -0.3 is 9.47 Å². The van der Waals surface area contributed by atoms with Crippen LogP contribution in [0.1, 0.15) is 62.6 Å². The quantitative estimate of drug-likeness (QED) is 0.215.